The Morgan fingerprint density at radius 1 is 1.14 bits per heavy atom. The summed E-state index contributed by atoms with van der Waals surface area (Å²) in [5.41, 5.74) is 2.20. The fourth-order valence-corrected chi connectivity index (χ4v) is 2.64. The van der Waals surface area contributed by atoms with E-state index in [0.717, 1.165) is 5.56 Å². The van der Waals surface area contributed by atoms with Crippen molar-refractivity contribution in [2.45, 2.75) is 26.8 Å². The maximum absolute atomic E-state index is 12.4. The number of carbonyl (C=O) groups excluding carboxylic acids is 1. The van der Waals surface area contributed by atoms with Crippen molar-refractivity contribution in [3.63, 3.8) is 0 Å². The molecular formula is C18H18N2O2. The molecule has 4 nitrogen and oxygen atoms in total. The van der Waals surface area contributed by atoms with Gasteiger partial charge in [0, 0.05) is 0 Å². The minimum atomic E-state index is -0.156. The third kappa shape index (κ3) is 2.60. The van der Waals surface area contributed by atoms with Crippen LogP contribution in [0.25, 0.3) is 10.8 Å². The lowest BCUT2D eigenvalue weighted by molar-refractivity contribution is 0.0938. The van der Waals surface area contributed by atoms with E-state index in [9.17, 15) is 4.79 Å². The molecule has 1 aromatic heterocycles. The van der Waals surface area contributed by atoms with Crippen molar-refractivity contribution in [3.8, 4) is 0 Å². The predicted octanol–water partition coefficient (Wildman–Crippen LogP) is 3.94. The van der Waals surface area contributed by atoms with Gasteiger partial charge in [-0.05, 0) is 43.2 Å². The standard InChI is InChI=1S/C18H18N2O2/c1-11(19-18(21)17-12(2)20-22-13(17)3)15-9-8-14-6-4-5-7-16(14)10-15/h4-11H,1-3H3,(H,19,21). The molecule has 2 aromatic carbocycles. The molecule has 1 N–H and O–H groups in total. The smallest absolute Gasteiger partial charge is 0.257 e. The first-order valence-electron chi connectivity index (χ1n) is 7.28. The van der Waals surface area contributed by atoms with Gasteiger partial charge in [-0.15, -0.1) is 0 Å². The number of nitrogens with zero attached hydrogens (tertiary/aromatic N) is 1. The molecule has 112 valence electrons. The second-order valence-corrected chi connectivity index (χ2v) is 5.50. The topological polar surface area (TPSA) is 55.1 Å². The SMILES string of the molecule is Cc1noc(C)c1C(=O)NC(C)c1ccc2ccccc2c1. The molecule has 0 bridgehead atoms. The fourth-order valence-electron chi connectivity index (χ4n) is 2.64. The molecule has 0 aliphatic heterocycles. The van der Waals surface area contributed by atoms with Gasteiger partial charge in [-0.3, -0.25) is 4.79 Å². The molecule has 0 saturated heterocycles. The number of aromatic nitrogens is 1. The Labute approximate surface area is 129 Å². The average Bonchev–Trinajstić information content (AvgIpc) is 2.85. The first-order valence-corrected chi connectivity index (χ1v) is 7.28. The lowest BCUT2D eigenvalue weighted by Crippen LogP contribution is -2.27. The number of hydrogen-bond donors (Lipinski definition) is 1. The minimum Gasteiger partial charge on any atom is -0.361 e. The van der Waals surface area contributed by atoms with Crippen LogP contribution in [0.4, 0.5) is 0 Å². The van der Waals surface area contributed by atoms with E-state index in [-0.39, 0.29) is 11.9 Å². The number of hydrogen-bond acceptors (Lipinski definition) is 3. The first kappa shape index (κ1) is 14.3. The van der Waals surface area contributed by atoms with Crippen LogP contribution in [0.3, 0.4) is 0 Å². The van der Waals surface area contributed by atoms with E-state index in [2.05, 4.69) is 34.7 Å². The Kier molecular flexibility index (Phi) is 3.67. The first-order chi connectivity index (χ1) is 10.6. The molecule has 0 radical (unpaired) electrons. The summed E-state index contributed by atoms with van der Waals surface area (Å²) in [6.07, 6.45) is 0. The molecule has 0 aliphatic rings. The van der Waals surface area contributed by atoms with Gasteiger partial charge in [0.15, 0.2) is 0 Å². The Bertz CT molecular complexity index is 816. The second kappa shape index (κ2) is 5.64. The van der Waals surface area contributed by atoms with Gasteiger partial charge in [-0.1, -0.05) is 41.6 Å². The zero-order valence-electron chi connectivity index (χ0n) is 12.9. The summed E-state index contributed by atoms with van der Waals surface area (Å²) in [6.45, 7) is 5.49. The van der Waals surface area contributed by atoms with Crippen molar-refractivity contribution in [2.75, 3.05) is 0 Å². The normalized spacial score (nSPS) is 12.3. The number of nitrogens with one attached hydrogen (secondary N) is 1. The van der Waals surface area contributed by atoms with Crippen LogP contribution in [0.1, 0.15) is 40.3 Å². The number of carbonyl (C=O) groups is 1. The number of fused-ring (bicyclic) bond motifs is 1. The van der Waals surface area contributed by atoms with Crippen LogP contribution >= 0.6 is 0 Å². The van der Waals surface area contributed by atoms with Gasteiger partial charge in [0.2, 0.25) is 0 Å². The van der Waals surface area contributed by atoms with Crippen molar-refractivity contribution < 1.29 is 9.32 Å². The minimum absolute atomic E-state index is 0.0918. The van der Waals surface area contributed by atoms with E-state index in [1.54, 1.807) is 13.8 Å². The molecule has 3 rings (SSSR count). The molecule has 1 unspecified atom stereocenters. The van der Waals surface area contributed by atoms with E-state index >= 15 is 0 Å². The van der Waals surface area contributed by atoms with Gasteiger partial charge in [0.05, 0.1) is 11.7 Å². The average molecular weight is 294 g/mol. The van der Waals surface area contributed by atoms with Crippen molar-refractivity contribution in [1.82, 2.24) is 10.5 Å². The zero-order chi connectivity index (χ0) is 15.7. The van der Waals surface area contributed by atoms with Crippen molar-refractivity contribution in [3.05, 3.63) is 65.0 Å². The Hall–Kier alpha value is -2.62. The highest BCUT2D eigenvalue weighted by Crippen LogP contribution is 2.21. The van der Waals surface area contributed by atoms with Gasteiger partial charge in [0.25, 0.3) is 5.91 Å². The maximum atomic E-state index is 12.4. The molecule has 0 spiro atoms. The fraction of sp³-hybridized carbons (Fsp3) is 0.222. The lowest BCUT2D eigenvalue weighted by atomic mass is 10.0. The summed E-state index contributed by atoms with van der Waals surface area (Å²) in [7, 11) is 0. The lowest BCUT2D eigenvalue weighted by Gasteiger charge is -2.15. The molecule has 0 fully saturated rings. The molecule has 1 atom stereocenters. The van der Waals surface area contributed by atoms with Gasteiger partial charge in [0.1, 0.15) is 11.3 Å². The Morgan fingerprint density at radius 3 is 2.55 bits per heavy atom. The molecule has 0 saturated carbocycles. The molecule has 1 heterocycles. The van der Waals surface area contributed by atoms with Crippen molar-refractivity contribution >= 4 is 16.7 Å². The van der Waals surface area contributed by atoms with Crippen LogP contribution in [0.2, 0.25) is 0 Å². The second-order valence-electron chi connectivity index (χ2n) is 5.50. The van der Waals surface area contributed by atoms with Crippen molar-refractivity contribution in [1.29, 1.82) is 0 Å². The molecule has 22 heavy (non-hydrogen) atoms. The van der Waals surface area contributed by atoms with Crippen LogP contribution in [0.15, 0.2) is 47.0 Å². The highest BCUT2D eigenvalue weighted by Gasteiger charge is 2.19. The van der Waals surface area contributed by atoms with Gasteiger partial charge >= 0.3 is 0 Å². The van der Waals surface area contributed by atoms with E-state index in [1.807, 2.05) is 25.1 Å². The summed E-state index contributed by atoms with van der Waals surface area (Å²) in [5, 5.41) is 9.18. The summed E-state index contributed by atoms with van der Waals surface area (Å²) in [6, 6.07) is 14.3. The molecule has 0 aliphatic carbocycles. The number of rotatable bonds is 3. The summed E-state index contributed by atoms with van der Waals surface area (Å²) < 4.78 is 5.05. The van der Waals surface area contributed by atoms with E-state index < -0.39 is 0 Å². The highest BCUT2D eigenvalue weighted by molar-refractivity contribution is 5.96. The Morgan fingerprint density at radius 2 is 1.86 bits per heavy atom. The highest BCUT2D eigenvalue weighted by atomic mass is 16.5. The van der Waals surface area contributed by atoms with Gasteiger partial charge in [-0.2, -0.15) is 0 Å². The third-order valence-electron chi connectivity index (χ3n) is 3.88. The number of amides is 1. The summed E-state index contributed by atoms with van der Waals surface area (Å²) >= 11 is 0. The van der Waals surface area contributed by atoms with Crippen molar-refractivity contribution in [2.24, 2.45) is 0 Å². The predicted molar refractivity (Wildman–Crippen MR) is 85.8 cm³/mol. The molecule has 3 aromatic rings. The maximum Gasteiger partial charge on any atom is 0.257 e. The largest absolute Gasteiger partial charge is 0.361 e. The van der Waals surface area contributed by atoms with Crippen LogP contribution in [-0.4, -0.2) is 11.1 Å². The van der Waals surface area contributed by atoms with E-state index in [1.165, 1.54) is 10.8 Å². The monoisotopic (exact) mass is 294 g/mol. The molecule has 1 amide bonds. The molecular weight excluding hydrogens is 276 g/mol. The number of aryl methyl sites for hydroxylation is 2. The zero-order valence-corrected chi connectivity index (χ0v) is 12.9. The van der Waals surface area contributed by atoms with Gasteiger partial charge < -0.3 is 9.84 Å². The summed E-state index contributed by atoms with van der Waals surface area (Å²) in [5.74, 6) is 0.387. The quantitative estimate of drug-likeness (QED) is 0.796. The number of benzene rings is 2. The van der Waals surface area contributed by atoms with E-state index in [4.69, 9.17) is 4.52 Å². The van der Waals surface area contributed by atoms with Gasteiger partial charge in [-0.25, -0.2) is 0 Å². The van der Waals surface area contributed by atoms with Crippen LogP contribution in [0, 0.1) is 13.8 Å². The Balaban J connectivity index is 1.84. The van der Waals surface area contributed by atoms with Crippen LogP contribution in [0.5, 0.6) is 0 Å². The summed E-state index contributed by atoms with van der Waals surface area (Å²) in [4.78, 5) is 12.4. The van der Waals surface area contributed by atoms with Crippen LogP contribution in [-0.2, 0) is 0 Å². The third-order valence-corrected chi connectivity index (χ3v) is 3.88. The molecule has 4 heteroatoms. The van der Waals surface area contributed by atoms with Crippen LogP contribution < -0.4 is 5.32 Å². The van der Waals surface area contributed by atoms with E-state index in [0.29, 0.717) is 17.0 Å².